The van der Waals surface area contributed by atoms with Crippen molar-refractivity contribution in [1.29, 1.82) is 0 Å². The maximum Gasteiger partial charge on any atom is 1.00 e. The average molecular weight is 560 g/mol. The summed E-state index contributed by atoms with van der Waals surface area (Å²) in [6, 6.07) is 0. The van der Waals surface area contributed by atoms with Gasteiger partial charge in [0.15, 0.2) is 5.84 Å². The van der Waals surface area contributed by atoms with Crippen LogP contribution in [-0.4, -0.2) is 67.1 Å². The van der Waals surface area contributed by atoms with Crippen molar-refractivity contribution >= 4 is 17.8 Å². The summed E-state index contributed by atoms with van der Waals surface area (Å²) in [4.78, 5) is 26.4. The Balaban J connectivity index is -0.00000408. The fourth-order valence-electron chi connectivity index (χ4n) is 4.96. The molecule has 0 aromatic carbocycles. The number of hydrogen-bond donors (Lipinski definition) is 0. The summed E-state index contributed by atoms with van der Waals surface area (Å²) >= 11 is 0. The molecule has 38 heavy (non-hydrogen) atoms. The number of amidine groups is 1. The van der Waals surface area contributed by atoms with Gasteiger partial charge in [0.05, 0.1) is 26.3 Å². The van der Waals surface area contributed by atoms with E-state index in [0.29, 0.717) is 30.7 Å². The third-order valence-corrected chi connectivity index (χ3v) is 7.16. The molecule has 1 atom stereocenters. The van der Waals surface area contributed by atoms with Crippen LogP contribution in [0.5, 0.6) is 0 Å². The smallest absolute Gasteiger partial charge is 0.550 e. The summed E-state index contributed by atoms with van der Waals surface area (Å²) in [5.74, 6) is -0.255. The number of carboxylic acid groups (broad SMARTS) is 2. The molecule has 0 spiro atoms. The molecule has 8 nitrogen and oxygen atoms in total. The molecule has 0 fully saturated rings. The molecule has 2 N–H and O–H groups in total. The zero-order valence-electron chi connectivity index (χ0n) is 25.1. The van der Waals surface area contributed by atoms with E-state index in [1.54, 1.807) is 0 Å². The van der Waals surface area contributed by atoms with Crippen molar-refractivity contribution in [2.24, 2.45) is 10.9 Å². The summed E-state index contributed by atoms with van der Waals surface area (Å²) in [6.07, 6.45) is 17.9. The number of carbonyl (C=O) groups is 2. The van der Waals surface area contributed by atoms with Crippen LogP contribution in [0.1, 0.15) is 117 Å². The van der Waals surface area contributed by atoms with E-state index >= 15 is 0 Å². The van der Waals surface area contributed by atoms with Crippen LogP contribution >= 0.6 is 0 Å². The topological polar surface area (TPSA) is 133 Å². The van der Waals surface area contributed by atoms with E-state index < -0.39 is 11.9 Å². The zero-order valence-corrected chi connectivity index (χ0v) is 29.1. The molecule has 0 radical (unpaired) electrons. The molecule has 212 valence electrons. The monoisotopic (exact) mass is 559 g/mol. The normalized spacial score (nSPS) is 16.3. The van der Waals surface area contributed by atoms with E-state index in [2.05, 4.69) is 13.8 Å². The number of aliphatic imine (C=N–C) groups is 1. The maximum absolute atomic E-state index is 11.1. The van der Waals surface area contributed by atoms with Crippen molar-refractivity contribution in [3.63, 3.8) is 0 Å². The van der Waals surface area contributed by atoms with Gasteiger partial charge < -0.3 is 30.0 Å². The van der Waals surface area contributed by atoms with Crippen LogP contribution in [0.25, 0.3) is 0 Å². The van der Waals surface area contributed by atoms with Gasteiger partial charge in [-0.3, -0.25) is 4.48 Å². The Hall–Kier alpha value is 0.490. The number of rotatable bonds is 24. The fraction of sp³-hybridized carbons (Fsp3) is 0.893. The summed E-state index contributed by atoms with van der Waals surface area (Å²) in [5.41, 5.74) is 0. The predicted molar refractivity (Wildman–Crippen MR) is 140 cm³/mol. The number of nitrogens with zero attached hydrogens (tertiary/aromatic N) is 2. The van der Waals surface area contributed by atoms with Gasteiger partial charge in [-0.15, -0.1) is 0 Å². The standard InChI is InChI=1S/C28H52N2O5.2Na.H2O/c1-25(2)15-13-11-9-7-5-3-4-6-8-10-12-14-16-26-29-19-21-30(26,20-17-27(31)32)22-24-35-23-18-28(33)34;;;/h25H,3-24H2,1-2H3,(H-,31,32,33,34);;;1H2/q;2*+1;/p-1. The van der Waals surface area contributed by atoms with E-state index in [0.717, 1.165) is 31.1 Å². The van der Waals surface area contributed by atoms with E-state index in [4.69, 9.17) is 9.73 Å². The molecule has 1 aliphatic rings. The minimum atomic E-state index is -1.12. The third kappa shape index (κ3) is 22.2. The van der Waals surface area contributed by atoms with Gasteiger partial charge in [-0.25, -0.2) is 4.99 Å². The minimum absolute atomic E-state index is 0. The van der Waals surface area contributed by atoms with Gasteiger partial charge >= 0.3 is 59.1 Å². The number of hydrogen-bond acceptors (Lipinski definition) is 6. The van der Waals surface area contributed by atoms with Crippen molar-refractivity contribution in [2.45, 2.75) is 117 Å². The molecule has 0 aromatic heterocycles. The van der Waals surface area contributed by atoms with Gasteiger partial charge in [0.25, 0.3) is 0 Å². The first-order valence-corrected chi connectivity index (χ1v) is 14.2. The second-order valence-electron chi connectivity index (χ2n) is 10.6. The van der Waals surface area contributed by atoms with Crippen molar-refractivity contribution < 1.29 is 93.6 Å². The molecular weight excluding hydrogens is 506 g/mol. The molecule has 0 amide bonds. The first kappa shape index (κ1) is 43.0. The molecule has 0 aliphatic carbocycles. The van der Waals surface area contributed by atoms with Crippen LogP contribution in [0.15, 0.2) is 4.99 Å². The summed E-state index contributed by atoms with van der Waals surface area (Å²) in [7, 11) is 0. The van der Waals surface area contributed by atoms with Gasteiger partial charge in [0, 0.05) is 31.2 Å². The van der Waals surface area contributed by atoms with Crippen molar-refractivity contribution in [3.8, 4) is 0 Å². The average Bonchev–Trinajstić information content (AvgIpc) is 3.20. The number of carboxylic acids is 2. The number of quaternary nitrogens is 1. The van der Waals surface area contributed by atoms with E-state index in [1.807, 2.05) is 0 Å². The molecule has 0 aromatic rings. The van der Waals surface area contributed by atoms with Gasteiger partial charge in [0.1, 0.15) is 13.1 Å². The van der Waals surface area contributed by atoms with Gasteiger partial charge in [0.2, 0.25) is 0 Å². The molecular formula is C28H53N2Na2O6+. The molecule has 0 saturated carbocycles. The Morgan fingerprint density at radius 1 is 0.789 bits per heavy atom. The van der Waals surface area contributed by atoms with Gasteiger partial charge in [-0.2, -0.15) is 0 Å². The molecule has 1 rings (SSSR count). The molecule has 0 bridgehead atoms. The van der Waals surface area contributed by atoms with Gasteiger partial charge in [-0.05, 0) is 12.3 Å². The van der Waals surface area contributed by atoms with Crippen LogP contribution in [0.4, 0.5) is 0 Å². The molecule has 0 saturated heterocycles. The number of aliphatic carboxylic acids is 2. The van der Waals surface area contributed by atoms with Crippen molar-refractivity contribution in [1.82, 2.24) is 0 Å². The largest absolute Gasteiger partial charge is 1.00 e. The van der Waals surface area contributed by atoms with Crippen LogP contribution < -0.4 is 69.3 Å². The summed E-state index contributed by atoms with van der Waals surface area (Å²) in [5, 5.41) is 21.6. The second kappa shape index (κ2) is 27.6. The fourth-order valence-corrected chi connectivity index (χ4v) is 4.96. The first-order chi connectivity index (χ1) is 16.9. The second-order valence-corrected chi connectivity index (χ2v) is 10.6. The minimum Gasteiger partial charge on any atom is -0.550 e. The number of unbranched alkanes of at least 4 members (excludes halogenated alkanes) is 11. The Labute approximate surface area is 276 Å². The predicted octanol–water partition coefficient (Wildman–Crippen LogP) is -3.19. The molecule has 1 aliphatic heterocycles. The summed E-state index contributed by atoms with van der Waals surface area (Å²) < 4.78 is 6.00. The molecule has 1 unspecified atom stereocenters. The molecule has 1 heterocycles. The van der Waals surface area contributed by atoms with E-state index in [9.17, 15) is 19.8 Å². The quantitative estimate of drug-likeness (QED) is 0.0698. The number of carbonyl (C=O) groups excluding carboxylic acids is 2. The third-order valence-electron chi connectivity index (χ3n) is 7.16. The summed E-state index contributed by atoms with van der Waals surface area (Å²) in [6.45, 7) is 7.69. The van der Waals surface area contributed by atoms with E-state index in [1.165, 1.54) is 77.0 Å². The maximum atomic E-state index is 11.1. The Bertz CT molecular complexity index is 622. The van der Waals surface area contributed by atoms with E-state index in [-0.39, 0.29) is 84.0 Å². The number of ether oxygens (including phenoxy) is 1. The van der Waals surface area contributed by atoms with Crippen LogP contribution in [0, 0.1) is 5.92 Å². The molecule has 10 heteroatoms. The first-order valence-electron chi connectivity index (χ1n) is 14.2. The Kier molecular flexibility index (Phi) is 31.3. The van der Waals surface area contributed by atoms with Gasteiger partial charge in [-0.1, -0.05) is 90.9 Å². The van der Waals surface area contributed by atoms with Crippen molar-refractivity contribution in [3.05, 3.63) is 0 Å². The van der Waals surface area contributed by atoms with Crippen LogP contribution in [-0.2, 0) is 14.3 Å². The Morgan fingerprint density at radius 3 is 1.79 bits per heavy atom. The van der Waals surface area contributed by atoms with Crippen LogP contribution in [0.3, 0.4) is 0 Å². The van der Waals surface area contributed by atoms with Crippen molar-refractivity contribution in [2.75, 3.05) is 39.4 Å². The SMILES string of the molecule is CC(C)CCCCCCCCCCCCCCC1=NCC[N+]1(CCOCCC(=O)[O-])CCC(=O)[O-].O.[Na+].[Na+]. The van der Waals surface area contributed by atoms with Crippen LogP contribution in [0.2, 0.25) is 0 Å². The Morgan fingerprint density at radius 2 is 1.29 bits per heavy atom. The zero-order chi connectivity index (χ0) is 25.8.